The number of rotatable bonds is 7. The molecule has 6 nitrogen and oxygen atoms in total. The van der Waals surface area contributed by atoms with Crippen LogP contribution in [0.1, 0.15) is 47.5 Å². The first kappa shape index (κ1) is 26.3. The molecule has 2 aliphatic rings. The second-order valence-electron chi connectivity index (χ2n) is 10.4. The van der Waals surface area contributed by atoms with Gasteiger partial charge in [0.2, 0.25) is 0 Å². The molecule has 0 bridgehead atoms. The Morgan fingerprint density at radius 1 is 1.08 bits per heavy atom. The fourth-order valence-electron chi connectivity index (χ4n) is 5.63. The van der Waals surface area contributed by atoms with E-state index in [1.165, 1.54) is 22.5 Å². The van der Waals surface area contributed by atoms with E-state index in [0.29, 0.717) is 54.0 Å². The van der Waals surface area contributed by atoms with Crippen molar-refractivity contribution in [2.24, 2.45) is 0 Å². The average molecular weight is 543 g/mol. The van der Waals surface area contributed by atoms with Gasteiger partial charge < -0.3 is 25.0 Å². The molecule has 0 amide bonds. The summed E-state index contributed by atoms with van der Waals surface area (Å²) in [4.78, 5) is 20.1. The number of allylic oxidation sites excluding steroid dienone is 1. The van der Waals surface area contributed by atoms with Crippen LogP contribution in [-0.4, -0.2) is 75.2 Å². The fourth-order valence-corrected chi connectivity index (χ4v) is 6.16. The number of para-hydroxylation sites is 1. The van der Waals surface area contributed by atoms with Crippen LogP contribution in [-0.2, 0) is 0 Å². The first-order chi connectivity index (χ1) is 17.8. The van der Waals surface area contributed by atoms with Gasteiger partial charge in [0.05, 0.1) is 11.7 Å². The van der Waals surface area contributed by atoms with E-state index in [1.807, 2.05) is 4.90 Å². The normalized spacial score (nSPS) is 20.1. The molecular formula is C29H33Cl2N3O3. The van der Waals surface area contributed by atoms with Crippen molar-refractivity contribution in [2.75, 3.05) is 32.7 Å². The largest absolute Gasteiger partial charge is 0.389 e. The van der Waals surface area contributed by atoms with E-state index in [-0.39, 0.29) is 5.78 Å². The molecule has 3 aromatic rings. The summed E-state index contributed by atoms with van der Waals surface area (Å²) in [5, 5.41) is 24.3. The highest BCUT2D eigenvalue weighted by molar-refractivity contribution is 6.35. The molecule has 1 unspecified atom stereocenters. The van der Waals surface area contributed by atoms with Crippen molar-refractivity contribution >= 4 is 39.9 Å². The summed E-state index contributed by atoms with van der Waals surface area (Å²) in [6.45, 7) is 3.41. The Hall–Kier alpha value is -2.35. The van der Waals surface area contributed by atoms with Gasteiger partial charge >= 0.3 is 0 Å². The fraction of sp³-hybridized carbons (Fsp3) is 0.414. The highest BCUT2D eigenvalue weighted by Gasteiger charge is 2.39. The monoisotopic (exact) mass is 541 g/mol. The molecule has 0 saturated carbocycles. The summed E-state index contributed by atoms with van der Waals surface area (Å²) in [6, 6.07) is 13.2. The van der Waals surface area contributed by atoms with Crippen LogP contribution in [0.5, 0.6) is 0 Å². The Labute approximate surface area is 227 Å². The third-order valence-corrected chi connectivity index (χ3v) is 8.38. The number of aromatic amines is 1. The first-order valence-corrected chi connectivity index (χ1v) is 13.7. The highest BCUT2D eigenvalue weighted by Crippen LogP contribution is 2.34. The first-order valence-electron chi connectivity index (χ1n) is 12.9. The molecule has 196 valence electrons. The summed E-state index contributed by atoms with van der Waals surface area (Å²) >= 11 is 12.0. The molecule has 0 radical (unpaired) electrons. The quantitative estimate of drug-likeness (QED) is 0.281. The van der Waals surface area contributed by atoms with Gasteiger partial charge in [-0.1, -0.05) is 41.4 Å². The standard InChI is InChI=1S/C29H33Cl2N3O3/c30-22-15-21(16-23(31)17-22)27(35)7-12-33-13-8-29(37,9-14-33)28(36)19-34-10-5-20(6-11-34)25-18-32-26-4-2-1-3-24(25)26/h1-4,7,12,15-18,20,28,32,36-37H,5-6,8-11,13-14,19H2. The molecule has 2 fully saturated rings. The number of aromatic nitrogens is 1. The number of carbonyl (C=O) groups is 1. The van der Waals surface area contributed by atoms with Gasteiger partial charge in [-0.05, 0) is 74.5 Å². The number of H-pyrrole nitrogens is 1. The predicted molar refractivity (Wildman–Crippen MR) is 148 cm³/mol. The lowest BCUT2D eigenvalue weighted by molar-refractivity contribution is -0.114. The van der Waals surface area contributed by atoms with Crippen LogP contribution in [0, 0.1) is 0 Å². The van der Waals surface area contributed by atoms with Crippen molar-refractivity contribution in [3.05, 3.63) is 82.1 Å². The number of nitrogens with zero attached hydrogens (tertiary/aromatic N) is 2. The molecule has 2 saturated heterocycles. The molecule has 2 aromatic carbocycles. The van der Waals surface area contributed by atoms with E-state index in [0.717, 1.165) is 25.9 Å². The number of ketones is 1. The molecule has 3 heterocycles. The molecule has 8 heteroatoms. The van der Waals surface area contributed by atoms with E-state index in [4.69, 9.17) is 23.2 Å². The van der Waals surface area contributed by atoms with Crippen LogP contribution in [0.25, 0.3) is 10.9 Å². The molecular weight excluding hydrogens is 509 g/mol. The van der Waals surface area contributed by atoms with Gasteiger partial charge in [-0.25, -0.2) is 0 Å². The zero-order chi connectivity index (χ0) is 26.0. The van der Waals surface area contributed by atoms with E-state index in [2.05, 4.69) is 40.3 Å². The Balaban J connectivity index is 1.10. The second-order valence-corrected chi connectivity index (χ2v) is 11.2. The number of likely N-dealkylation sites (tertiary alicyclic amines) is 2. The average Bonchev–Trinajstić information content (AvgIpc) is 3.32. The Bertz CT molecular complexity index is 1250. The molecule has 1 aromatic heterocycles. The van der Waals surface area contributed by atoms with E-state index in [9.17, 15) is 15.0 Å². The smallest absolute Gasteiger partial charge is 0.187 e. The lowest BCUT2D eigenvalue weighted by Crippen LogP contribution is -2.54. The van der Waals surface area contributed by atoms with Crippen molar-refractivity contribution in [2.45, 2.75) is 43.3 Å². The number of fused-ring (bicyclic) bond motifs is 1. The van der Waals surface area contributed by atoms with Crippen molar-refractivity contribution < 1.29 is 15.0 Å². The van der Waals surface area contributed by atoms with Crippen molar-refractivity contribution in [3.8, 4) is 0 Å². The van der Waals surface area contributed by atoms with Crippen LogP contribution in [0.4, 0.5) is 0 Å². The van der Waals surface area contributed by atoms with E-state index in [1.54, 1.807) is 24.4 Å². The number of nitrogens with one attached hydrogen (secondary N) is 1. The minimum absolute atomic E-state index is 0.179. The van der Waals surface area contributed by atoms with Crippen LogP contribution in [0.2, 0.25) is 10.0 Å². The van der Waals surface area contributed by atoms with Gasteiger partial charge in [0.25, 0.3) is 0 Å². The molecule has 5 rings (SSSR count). The summed E-state index contributed by atoms with van der Waals surface area (Å²) in [5.41, 5.74) is 1.87. The van der Waals surface area contributed by atoms with Crippen LogP contribution >= 0.6 is 23.2 Å². The summed E-state index contributed by atoms with van der Waals surface area (Å²) in [6.07, 6.45) is 7.55. The number of hydrogen-bond acceptors (Lipinski definition) is 5. The highest BCUT2D eigenvalue weighted by atomic mass is 35.5. The Kier molecular flexibility index (Phi) is 7.93. The van der Waals surface area contributed by atoms with Gasteiger partial charge in [0, 0.05) is 64.6 Å². The summed E-state index contributed by atoms with van der Waals surface area (Å²) in [5.74, 6) is 0.328. The van der Waals surface area contributed by atoms with Crippen molar-refractivity contribution in [1.29, 1.82) is 0 Å². The van der Waals surface area contributed by atoms with Crippen LogP contribution in [0.15, 0.2) is 60.9 Å². The minimum atomic E-state index is -1.12. The van der Waals surface area contributed by atoms with Crippen molar-refractivity contribution in [1.82, 2.24) is 14.8 Å². The topological polar surface area (TPSA) is 79.8 Å². The number of carbonyl (C=O) groups excluding carboxylic acids is 1. The maximum Gasteiger partial charge on any atom is 0.187 e. The predicted octanol–water partition coefficient (Wildman–Crippen LogP) is 5.24. The Morgan fingerprint density at radius 3 is 2.46 bits per heavy atom. The number of aliphatic hydroxyl groups excluding tert-OH is 1. The van der Waals surface area contributed by atoms with E-state index >= 15 is 0 Å². The molecule has 1 atom stereocenters. The zero-order valence-electron chi connectivity index (χ0n) is 20.7. The number of benzene rings is 2. The van der Waals surface area contributed by atoms with Gasteiger partial charge in [-0.15, -0.1) is 0 Å². The molecule has 0 aliphatic carbocycles. The van der Waals surface area contributed by atoms with Crippen LogP contribution in [0.3, 0.4) is 0 Å². The molecule has 37 heavy (non-hydrogen) atoms. The zero-order valence-corrected chi connectivity index (χ0v) is 22.3. The minimum Gasteiger partial charge on any atom is -0.389 e. The van der Waals surface area contributed by atoms with Gasteiger partial charge in [-0.2, -0.15) is 0 Å². The maximum absolute atomic E-state index is 12.5. The summed E-state index contributed by atoms with van der Waals surface area (Å²) < 4.78 is 0. The van der Waals surface area contributed by atoms with Crippen LogP contribution < -0.4 is 0 Å². The van der Waals surface area contributed by atoms with Gasteiger partial charge in [0.1, 0.15) is 0 Å². The van der Waals surface area contributed by atoms with Crippen molar-refractivity contribution in [3.63, 3.8) is 0 Å². The SMILES string of the molecule is O=C(C=CN1CCC(O)(C(O)CN2CCC(c3c[nH]c4ccccc34)CC2)CC1)c1cc(Cl)cc(Cl)c1. The number of piperidine rings is 2. The molecule has 0 spiro atoms. The van der Waals surface area contributed by atoms with Gasteiger partial charge in [-0.3, -0.25) is 4.79 Å². The molecule has 2 aliphatic heterocycles. The van der Waals surface area contributed by atoms with E-state index < -0.39 is 11.7 Å². The number of β-amino-alcohol motifs (C(OH)–C–C–N with tert-alkyl or cyclic N) is 1. The summed E-state index contributed by atoms with van der Waals surface area (Å²) in [7, 11) is 0. The lowest BCUT2D eigenvalue weighted by Gasteiger charge is -2.43. The Morgan fingerprint density at radius 2 is 1.76 bits per heavy atom. The molecule has 3 N–H and O–H groups in total. The third-order valence-electron chi connectivity index (χ3n) is 7.95. The number of hydrogen-bond donors (Lipinski definition) is 3. The third kappa shape index (κ3) is 6.05. The number of halogens is 2. The second kappa shape index (κ2) is 11.2. The lowest BCUT2D eigenvalue weighted by atomic mass is 9.84. The van der Waals surface area contributed by atoms with Gasteiger partial charge in [0.15, 0.2) is 5.78 Å². The number of aliphatic hydroxyl groups is 2. The maximum atomic E-state index is 12.5.